The number of amides is 3. The van der Waals surface area contributed by atoms with Crippen molar-refractivity contribution in [2.75, 3.05) is 31.5 Å². The molecule has 31 heavy (non-hydrogen) atoms. The Labute approximate surface area is 177 Å². The van der Waals surface area contributed by atoms with E-state index in [2.05, 4.69) is 10.1 Å². The number of aryl methyl sites for hydroxylation is 1. The van der Waals surface area contributed by atoms with Gasteiger partial charge in [-0.05, 0) is 42.3 Å². The van der Waals surface area contributed by atoms with Crippen LogP contribution in [0.3, 0.4) is 0 Å². The number of para-hydroxylation sites is 1. The van der Waals surface area contributed by atoms with Gasteiger partial charge in [0.2, 0.25) is 5.91 Å². The molecule has 0 aliphatic carbocycles. The Morgan fingerprint density at radius 3 is 2.32 bits per heavy atom. The molecule has 7 nitrogen and oxygen atoms in total. The van der Waals surface area contributed by atoms with Crippen LogP contribution in [0.2, 0.25) is 0 Å². The third-order valence-electron chi connectivity index (χ3n) is 5.44. The summed E-state index contributed by atoms with van der Waals surface area (Å²) >= 11 is 0. The molecule has 0 bridgehead atoms. The highest BCUT2D eigenvalue weighted by atomic mass is 19.3. The number of alkyl halides is 2. The van der Waals surface area contributed by atoms with Gasteiger partial charge in [0.15, 0.2) is 0 Å². The molecular formula is C22H21F2N3O4. The van der Waals surface area contributed by atoms with E-state index in [1.165, 1.54) is 23.1 Å². The lowest BCUT2D eigenvalue weighted by Crippen LogP contribution is -2.50. The van der Waals surface area contributed by atoms with Gasteiger partial charge in [0.05, 0.1) is 5.56 Å². The van der Waals surface area contributed by atoms with Gasteiger partial charge in [0, 0.05) is 43.9 Å². The van der Waals surface area contributed by atoms with Gasteiger partial charge in [-0.2, -0.15) is 8.78 Å². The number of piperazine rings is 1. The number of halogens is 2. The van der Waals surface area contributed by atoms with Gasteiger partial charge >= 0.3 is 6.61 Å². The van der Waals surface area contributed by atoms with Crippen LogP contribution in [0.1, 0.15) is 32.7 Å². The first-order valence-electron chi connectivity index (χ1n) is 9.97. The minimum absolute atomic E-state index is 0.0344. The van der Waals surface area contributed by atoms with Crippen LogP contribution in [0.5, 0.6) is 5.75 Å². The predicted molar refractivity (Wildman–Crippen MR) is 108 cm³/mol. The minimum atomic E-state index is -3.02. The lowest BCUT2D eigenvalue weighted by Gasteiger charge is -2.35. The van der Waals surface area contributed by atoms with Gasteiger partial charge in [0.1, 0.15) is 5.75 Å². The molecule has 162 valence electrons. The van der Waals surface area contributed by atoms with Crippen molar-refractivity contribution >= 4 is 23.4 Å². The SMILES string of the molecule is O=C1CCc2cc(C(=O)N3CCN(C(=O)c4ccccc4OC(F)F)CC3)ccc2N1. The van der Waals surface area contributed by atoms with Crippen molar-refractivity contribution < 1.29 is 27.9 Å². The van der Waals surface area contributed by atoms with Crippen LogP contribution in [0.15, 0.2) is 42.5 Å². The average Bonchev–Trinajstić information content (AvgIpc) is 2.78. The maximum absolute atomic E-state index is 12.9. The van der Waals surface area contributed by atoms with Crippen LogP contribution in [-0.2, 0) is 11.2 Å². The largest absolute Gasteiger partial charge is 0.434 e. The first kappa shape index (κ1) is 20.8. The van der Waals surface area contributed by atoms with E-state index in [0.717, 1.165) is 11.3 Å². The number of carbonyl (C=O) groups is 3. The monoisotopic (exact) mass is 429 g/mol. The first-order chi connectivity index (χ1) is 14.9. The number of nitrogens with zero attached hydrogens (tertiary/aromatic N) is 2. The number of hydrogen-bond acceptors (Lipinski definition) is 4. The Hall–Kier alpha value is -3.49. The van der Waals surface area contributed by atoms with Gasteiger partial charge in [-0.3, -0.25) is 14.4 Å². The van der Waals surface area contributed by atoms with Crippen LogP contribution in [-0.4, -0.2) is 60.3 Å². The van der Waals surface area contributed by atoms with E-state index >= 15 is 0 Å². The van der Waals surface area contributed by atoms with Crippen LogP contribution in [0.25, 0.3) is 0 Å². The fraction of sp³-hybridized carbons (Fsp3) is 0.318. The Bertz CT molecular complexity index is 1020. The molecule has 2 heterocycles. The fourth-order valence-electron chi connectivity index (χ4n) is 3.82. The lowest BCUT2D eigenvalue weighted by molar-refractivity contribution is -0.116. The topological polar surface area (TPSA) is 79.0 Å². The van der Waals surface area contributed by atoms with Crippen molar-refractivity contribution in [3.8, 4) is 5.75 Å². The standard InChI is InChI=1S/C22H21F2N3O4/c23-22(24)31-18-4-2-1-3-16(18)21(30)27-11-9-26(10-12-27)20(29)15-5-7-17-14(13-15)6-8-19(28)25-17/h1-5,7,13,22H,6,8-12H2,(H,25,28). The van der Waals surface area contributed by atoms with E-state index in [1.54, 1.807) is 29.2 Å². The number of ether oxygens (including phenoxy) is 1. The molecule has 0 spiro atoms. The van der Waals surface area contributed by atoms with Gasteiger partial charge < -0.3 is 19.9 Å². The maximum atomic E-state index is 12.9. The molecule has 1 N–H and O–H groups in total. The summed E-state index contributed by atoms with van der Waals surface area (Å²) in [6.45, 7) is -1.79. The summed E-state index contributed by atoms with van der Waals surface area (Å²) < 4.78 is 29.7. The number of nitrogens with one attached hydrogen (secondary N) is 1. The summed E-state index contributed by atoms with van der Waals surface area (Å²) in [5, 5.41) is 2.79. The number of rotatable bonds is 4. The summed E-state index contributed by atoms with van der Waals surface area (Å²) in [6, 6.07) is 11.1. The number of fused-ring (bicyclic) bond motifs is 1. The number of hydrogen-bond donors (Lipinski definition) is 1. The lowest BCUT2D eigenvalue weighted by atomic mass is 10.00. The minimum Gasteiger partial charge on any atom is -0.434 e. The van der Waals surface area contributed by atoms with Crippen molar-refractivity contribution in [3.05, 3.63) is 59.2 Å². The normalized spacial score (nSPS) is 16.0. The molecule has 4 rings (SSSR count). The Morgan fingerprint density at radius 1 is 0.935 bits per heavy atom. The van der Waals surface area contributed by atoms with Crippen molar-refractivity contribution in [3.63, 3.8) is 0 Å². The quantitative estimate of drug-likeness (QED) is 0.811. The highest BCUT2D eigenvalue weighted by molar-refractivity contribution is 5.99. The van der Waals surface area contributed by atoms with Gasteiger partial charge in [-0.25, -0.2) is 0 Å². The zero-order chi connectivity index (χ0) is 22.0. The molecule has 2 aromatic rings. The molecule has 2 aliphatic heterocycles. The van der Waals surface area contributed by atoms with E-state index in [1.807, 2.05) is 0 Å². The predicted octanol–water partition coefficient (Wildman–Crippen LogP) is 2.77. The summed E-state index contributed by atoms with van der Waals surface area (Å²) in [6.07, 6.45) is 0.979. The van der Waals surface area contributed by atoms with E-state index in [9.17, 15) is 23.2 Å². The van der Waals surface area contributed by atoms with E-state index in [-0.39, 0.29) is 36.2 Å². The van der Waals surface area contributed by atoms with E-state index < -0.39 is 12.5 Å². The zero-order valence-electron chi connectivity index (χ0n) is 16.6. The highest BCUT2D eigenvalue weighted by Gasteiger charge is 2.28. The third kappa shape index (κ3) is 4.50. The molecular weight excluding hydrogens is 408 g/mol. The summed E-state index contributed by atoms with van der Waals surface area (Å²) in [5.41, 5.74) is 2.26. The van der Waals surface area contributed by atoms with Crippen molar-refractivity contribution in [1.82, 2.24) is 9.80 Å². The zero-order valence-corrected chi connectivity index (χ0v) is 16.6. The Kier molecular flexibility index (Phi) is 5.83. The van der Waals surface area contributed by atoms with Crippen LogP contribution in [0, 0.1) is 0 Å². The molecule has 2 aromatic carbocycles. The molecule has 0 saturated carbocycles. The second-order valence-electron chi connectivity index (χ2n) is 7.38. The average molecular weight is 429 g/mol. The smallest absolute Gasteiger partial charge is 0.387 e. The Morgan fingerprint density at radius 2 is 1.61 bits per heavy atom. The fourth-order valence-corrected chi connectivity index (χ4v) is 3.82. The van der Waals surface area contributed by atoms with Crippen molar-refractivity contribution in [2.24, 2.45) is 0 Å². The van der Waals surface area contributed by atoms with E-state index in [0.29, 0.717) is 31.5 Å². The van der Waals surface area contributed by atoms with Crippen molar-refractivity contribution in [1.29, 1.82) is 0 Å². The van der Waals surface area contributed by atoms with Gasteiger partial charge in [0.25, 0.3) is 11.8 Å². The molecule has 0 aromatic heterocycles. The number of carbonyl (C=O) groups excluding carboxylic acids is 3. The molecule has 2 aliphatic rings. The maximum Gasteiger partial charge on any atom is 0.387 e. The molecule has 9 heteroatoms. The molecule has 0 radical (unpaired) electrons. The molecule has 0 unspecified atom stereocenters. The number of benzene rings is 2. The second-order valence-corrected chi connectivity index (χ2v) is 7.38. The molecule has 0 atom stereocenters. The molecule has 3 amide bonds. The van der Waals surface area contributed by atoms with Crippen molar-refractivity contribution in [2.45, 2.75) is 19.5 Å². The second kappa shape index (κ2) is 8.71. The molecule has 1 fully saturated rings. The van der Waals surface area contributed by atoms with Crippen LogP contribution >= 0.6 is 0 Å². The number of anilines is 1. The highest BCUT2D eigenvalue weighted by Crippen LogP contribution is 2.25. The summed E-state index contributed by atoms with van der Waals surface area (Å²) in [5.74, 6) is -0.754. The van der Waals surface area contributed by atoms with E-state index in [4.69, 9.17) is 0 Å². The van der Waals surface area contributed by atoms with Gasteiger partial charge in [-0.1, -0.05) is 12.1 Å². The Balaban J connectivity index is 1.40. The van der Waals surface area contributed by atoms with Gasteiger partial charge in [-0.15, -0.1) is 0 Å². The molecule has 1 saturated heterocycles. The summed E-state index contributed by atoms with van der Waals surface area (Å²) in [4.78, 5) is 40.4. The van der Waals surface area contributed by atoms with Crippen LogP contribution in [0.4, 0.5) is 14.5 Å². The first-order valence-corrected chi connectivity index (χ1v) is 9.97. The summed E-state index contributed by atoms with van der Waals surface area (Å²) in [7, 11) is 0. The van der Waals surface area contributed by atoms with Crippen LogP contribution < -0.4 is 10.1 Å². The third-order valence-corrected chi connectivity index (χ3v) is 5.44.